The normalized spacial score (nSPS) is 19.6. The van der Waals surface area contributed by atoms with E-state index in [-0.39, 0.29) is 29.4 Å². The lowest BCUT2D eigenvalue weighted by molar-refractivity contribution is -0.286. The number of benzene rings is 1. The quantitative estimate of drug-likeness (QED) is 0.522. The van der Waals surface area contributed by atoms with E-state index in [0.717, 1.165) is 0 Å². The largest absolute Gasteiger partial charge is 0.586 e. The maximum atomic E-state index is 13.6. The van der Waals surface area contributed by atoms with Crippen LogP contribution in [-0.4, -0.2) is 21.1 Å². The Morgan fingerprint density at radius 2 is 1.94 bits per heavy atom. The predicted octanol–water partition coefficient (Wildman–Crippen LogP) is 5.08. The van der Waals surface area contributed by atoms with E-state index < -0.39 is 30.3 Å². The molecule has 12 heteroatoms. The van der Waals surface area contributed by atoms with E-state index in [4.69, 9.17) is 10.5 Å². The van der Waals surface area contributed by atoms with Gasteiger partial charge < -0.3 is 19.9 Å². The van der Waals surface area contributed by atoms with Gasteiger partial charge in [-0.1, -0.05) is 6.07 Å². The van der Waals surface area contributed by atoms with Crippen molar-refractivity contribution in [3.8, 4) is 23.1 Å². The number of nitrogens with two attached hydrogens (primary N) is 1. The first-order chi connectivity index (χ1) is 16.0. The van der Waals surface area contributed by atoms with E-state index in [1.54, 1.807) is 6.92 Å². The van der Waals surface area contributed by atoms with Gasteiger partial charge >= 0.3 is 12.5 Å². The molecular weight excluding hydrogens is 463 g/mol. The first-order valence-electron chi connectivity index (χ1n) is 10.5. The van der Waals surface area contributed by atoms with E-state index in [9.17, 15) is 22.0 Å². The molecule has 0 radical (unpaired) electrons. The Bertz CT molecular complexity index is 1240. The van der Waals surface area contributed by atoms with Crippen molar-refractivity contribution >= 4 is 0 Å². The van der Waals surface area contributed by atoms with E-state index in [0.29, 0.717) is 29.8 Å². The van der Waals surface area contributed by atoms with Crippen LogP contribution in [-0.2, 0) is 12.6 Å². The molecule has 0 bridgehead atoms. The van der Waals surface area contributed by atoms with Gasteiger partial charge in [0.25, 0.3) is 0 Å². The molecule has 0 spiro atoms. The van der Waals surface area contributed by atoms with Gasteiger partial charge in [0.15, 0.2) is 17.2 Å². The van der Waals surface area contributed by atoms with Crippen LogP contribution in [0.15, 0.2) is 36.5 Å². The summed E-state index contributed by atoms with van der Waals surface area (Å²) in [6, 6.07) is 6.61. The van der Waals surface area contributed by atoms with Crippen molar-refractivity contribution in [3.05, 3.63) is 59.0 Å². The molecule has 3 heterocycles. The number of pyridine rings is 1. The summed E-state index contributed by atoms with van der Waals surface area (Å²) in [4.78, 5) is 4.12. The standard InChI is InChI=1S/C22H19F5N4O3/c1-11(12-5-6-16-17(9-12)34-22(26,27)33-16)32-18-10-13(7-8-29-18)31-19-14(3-2-4-15(19)28)20(30-31)21(23,24)25/h5-11,15H,2-4,28H2,1H3/t11-,15-/m0/s1. The number of rotatable bonds is 4. The average Bonchev–Trinajstić information content (AvgIpc) is 3.30. The second kappa shape index (κ2) is 7.83. The highest BCUT2D eigenvalue weighted by Crippen LogP contribution is 2.43. The molecule has 34 heavy (non-hydrogen) atoms. The number of hydrogen-bond donors (Lipinski definition) is 1. The predicted molar refractivity (Wildman–Crippen MR) is 108 cm³/mol. The van der Waals surface area contributed by atoms with E-state index in [1.807, 2.05) is 0 Å². The molecule has 0 saturated heterocycles. The molecule has 0 fully saturated rings. The minimum atomic E-state index is -4.61. The lowest BCUT2D eigenvalue weighted by atomic mass is 9.92. The Labute approximate surface area is 190 Å². The number of hydrogen-bond acceptors (Lipinski definition) is 6. The number of aromatic nitrogens is 3. The fourth-order valence-electron chi connectivity index (χ4n) is 4.21. The fraction of sp³-hybridized carbons (Fsp3) is 0.364. The Morgan fingerprint density at radius 3 is 2.71 bits per heavy atom. The first-order valence-corrected chi connectivity index (χ1v) is 10.5. The number of halogens is 5. The molecule has 2 N–H and O–H groups in total. The fourth-order valence-corrected chi connectivity index (χ4v) is 4.21. The van der Waals surface area contributed by atoms with Crippen molar-refractivity contribution < 1.29 is 36.2 Å². The zero-order valence-corrected chi connectivity index (χ0v) is 17.8. The summed E-state index contributed by atoms with van der Waals surface area (Å²) < 4.78 is 83.2. The van der Waals surface area contributed by atoms with Gasteiger partial charge in [0, 0.05) is 23.9 Å². The van der Waals surface area contributed by atoms with Gasteiger partial charge in [0.1, 0.15) is 6.10 Å². The summed E-state index contributed by atoms with van der Waals surface area (Å²) in [7, 11) is 0. The lowest BCUT2D eigenvalue weighted by Gasteiger charge is -2.21. The zero-order valence-electron chi connectivity index (χ0n) is 17.8. The highest BCUT2D eigenvalue weighted by molar-refractivity contribution is 5.46. The zero-order chi connectivity index (χ0) is 24.3. The average molecular weight is 482 g/mol. The van der Waals surface area contributed by atoms with Crippen LogP contribution in [0.1, 0.15) is 54.4 Å². The molecule has 0 unspecified atom stereocenters. The van der Waals surface area contributed by atoms with Crippen LogP contribution in [0, 0.1) is 0 Å². The van der Waals surface area contributed by atoms with Gasteiger partial charge in [-0.3, -0.25) is 0 Å². The third-order valence-corrected chi connectivity index (χ3v) is 5.74. The van der Waals surface area contributed by atoms with E-state index in [2.05, 4.69) is 19.6 Å². The molecule has 2 aromatic heterocycles. The summed E-state index contributed by atoms with van der Waals surface area (Å²) >= 11 is 0. The summed E-state index contributed by atoms with van der Waals surface area (Å²) in [5, 5.41) is 3.84. The summed E-state index contributed by atoms with van der Waals surface area (Å²) in [5.74, 6) is -0.118. The van der Waals surface area contributed by atoms with Crippen molar-refractivity contribution in [2.75, 3.05) is 0 Å². The van der Waals surface area contributed by atoms with Crippen LogP contribution >= 0.6 is 0 Å². The maximum Gasteiger partial charge on any atom is 0.586 e. The van der Waals surface area contributed by atoms with Gasteiger partial charge in [0.05, 0.1) is 11.4 Å². The summed E-state index contributed by atoms with van der Waals surface area (Å²) in [6.07, 6.45) is -6.27. The van der Waals surface area contributed by atoms with Gasteiger partial charge in [-0.05, 0) is 49.9 Å². The van der Waals surface area contributed by atoms with Crippen LogP contribution in [0.3, 0.4) is 0 Å². The summed E-state index contributed by atoms with van der Waals surface area (Å²) in [5.41, 5.74) is 6.45. The Balaban J connectivity index is 1.44. The molecule has 7 nitrogen and oxygen atoms in total. The molecular formula is C22H19F5N4O3. The topological polar surface area (TPSA) is 84.4 Å². The maximum absolute atomic E-state index is 13.6. The van der Waals surface area contributed by atoms with Crippen molar-refractivity contribution in [2.24, 2.45) is 5.73 Å². The number of fused-ring (bicyclic) bond motifs is 2. The second-order valence-electron chi connectivity index (χ2n) is 8.11. The van der Waals surface area contributed by atoms with Gasteiger partial charge in [-0.15, -0.1) is 8.78 Å². The van der Waals surface area contributed by atoms with Crippen molar-refractivity contribution in [1.82, 2.24) is 14.8 Å². The van der Waals surface area contributed by atoms with Crippen molar-refractivity contribution in [2.45, 2.75) is 50.8 Å². The monoisotopic (exact) mass is 482 g/mol. The number of ether oxygens (including phenoxy) is 3. The Morgan fingerprint density at radius 1 is 1.18 bits per heavy atom. The van der Waals surface area contributed by atoms with Crippen LogP contribution in [0.4, 0.5) is 22.0 Å². The smallest absolute Gasteiger partial charge is 0.470 e. The molecule has 5 rings (SSSR count). The van der Waals surface area contributed by atoms with Gasteiger partial charge in [-0.2, -0.15) is 18.3 Å². The molecule has 2 atom stereocenters. The Kier molecular flexibility index (Phi) is 5.15. The minimum Gasteiger partial charge on any atom is -0.470 e. The highest BCUT2D eigenvalue weighted by atomic mass is 19.4. The molecule has 3 aromatic rings. The lowest BCUT2D eigenvalue weighted by Crippen LogP contribution is -2.25. The van der Waals surface area contributed by atoms with Crippen LogP contribution in [0.25, 0.3) is 5.69 Å². The van der Waals surface area contributed by atoms with Crippen LogP contribution in [0.5, 0.6) is 17.4 Å². The molecule has 1 aliphatic heterocycles. The third kappa shape index (κ3) is 4.02. The van der Waals surface area contributed by atoms with E-state index >= 15 is 0 Å². The number of alkyl halides is 5. The third-order valence-electron chi connectivity index (χ3n) is 5.74. The molecule has 1 aliphatic carbocycles. The molecule has 2 aliphatic rings. The number of nitrogens with zero attached hydrogens (tertiary/aromatic N) is 3. The molecule has 1 aromatic carbocycles. The molecule has 0 amide bonds. The highest BCUT2D eigenvalue weighted by Gasteiger charge is 2.44. The van der Waals surface area contributed by atoms with Crippen LogP contribution < -0.4 is 19.9 Å². The van der Waals surface area contributed by atoms with Gasteiger partial charge in [-0.25, -0.2) is 9.67 Å². The van der Waals surface area contributed by atoms with E-state index in [1.165, 1.54) is 41.2 Å². The second-order valence-corrected chi connectivity index (χ2v) is 8.11. The Hall–Kier alpha value is -3.41. The SMILES string of the molecule is C[C@H](Oc1cc(-n2nc(C(F)(F)F)c3c2[C@@H](N)CCC3)ccn1)c1ccc2c(c1)OC(F)(F)O2. The van der Waals surface area contributed by atoms with Gasteiger partial charge in [0.2, 0.25) is 5.88 Å². The first kappa shape index (κ1) is 22.4. The minimum absolute atomic E-state index is 0.0960. The van der Waals surface area contributed by atoms with Crippen molar-refractivity contribution in [1.29, 1.82) is 0 Å². The van der Waals surface area contributed by atoms with Crippen molar-refractivity contribution in [3.63, 3.8) is 0 Å². The summed E-state index contributed by atoms with van der Waals surface area (Å²) in [6.45, 7) is 1.66. The van der Waals surface area contributed by atoms with Crippen LogP contribution in [0.2, 0.25) is 0 Å². The molecule has 0 saturated carbocycles. The molecule has 180 valence electrons.